The van der Waals surface area contributed by atoms with Crippen LogP contribution in [0.15, 0.2) is 16.3 Å². The number of nitrogens with two attached hydrogens (primary N) is 1. The lowest BCUT2D eigenvalue weighted by Crippen LogP contribution is -2.33. The van der Waals surface area contributed by atoms with Crippen molar-refractivity contribution in [2.45, 2.75) is 25.3 Å². The van der Waals surface area contributed by atoms with Crippen LogP contribution in [0.2, 0.25) is 0 Å². The SMILES string of the molecule is NC(CCN(c1nc[nH]c(=O)c1I)C1CC1)=NO. The summed E-state index contributed by atoms with van der Waals surface area (Å²) in [5.41, 5.74) is 5.33. The molecule has 0 unspecified atom stereocenters. The largest absolute Gasteiger partial charge is 0.409 e. The Bertz CT molecular complexity index is 511. The Kier molecular flexibility index (Phi) is 4.04. The molecule has 1 heterocycles. The summed E-state index contributed by atoms with van der Waals surface area (Å²) in [5, 5.41) is 11.5. The van der Waals surface area contributed by atoms with E-state index in [9.17, 15) is 4.79 Å². The van der Waals surface area contributed by atoms with Gasteiger partial charge in [0.25, 0.3) is 5.56 Å². The average Bonchev–Trinajstić information content (AvgIpc) is 3.18. The van der Waals surface area contributed by atoms with Crippen LogP contribution < -0.4 is 16.2 Å². The molecule has 1 aromatic heterocycles. The Labute approximate surface area is 117 Å². The maximum Gasteiger partial charge on any atom is 0.266 e. The van der Waals surface area contributed by atoms with E-state index < -0.39 is 0 Å². The number of aromatic amines is 1. The third kappa shape index (κ3) is 2.92. The van der Waals surface area contributed by atoms with Crippen LogP contribution in [0.5, 0.6) is 0 Å². The monoisotopic (exact) mass is 363 g/mol. The highest BCUT2D eigenvalue weighted by Gasteiger charge is 2.31. The highest BCUT2D eigenvalue weighted by atomic mass is 127. The van der Waals surface area contributed by atoms with Crippen molar-refractivity contribution < 1.29 is 5.21 Å². The number of rotatable bonds is 5. The second-order valence-electron chi connectivity index (χ2n) is 4.14. The molecule has 4 N–H and O–H groups in total. The number of anilines is 1. The lowest BCUT2D eigenvalue weighted by atomic mass is 10.3. The van der Waals surface area contributed by atoms with E-state index in [0.29, 0.717) is 28.4 Å². The minimum absolute atomic E-state index is 0.143. The molecule has 1 aliphatic rings. The van der Waals surface area contributed by atoms with E-state index in [1.807, 2.05) is 22.6 Å². The standard InChI is InChI=1S/C10H14IN5O2/c11-8-9(13-5-14-10(8)17)16(6-1-2-6)4-3-7(12)15-18/h5-6,18H,1-4H2,(H2,12,15)(H,13,14,17). The van der Waals surface area contributed by atoms with Crippen molar-refractivity contribution >= 4 is 34.2 Å². The van der Waals surface area contributed by atoms with Crippen molar-refractivity contribution in [2.75, 3.05) is 11.4 Å². The predicted molar refractivity (Wildman–Crippen MR) is 76.0 cm³/mol. The Morgan fingerprint density at radius 2 is 2.44 bits per heavy atom. The van der Waals surface area contributed by atoms with Gasteiger partial charge in [-0.1, -0.05) is 5.16 Å². The Hall–Kier alpha value is -1.32. The number of nitrogens with one attached hydrogen (secondary N) is 1. The molecule has 0 spiro atoms. The summed E-state index contributed by atoms with van der Waals surface area (Å²) in [5.74, 6) is 0.855. The Morgan fingerprint density at radius 3 is 3.06 bits per heavy atom. The first kappa shape index (κ1) is 13.1. The van der Waals surface area contributed by atoms with E-state index in [1.54, 1.807) is 0 Å². The average molecular weight is 363 g/mol. The number of hydrogen-bond acceptors (Lipinski definition) is 5. The van der Waals surface area contributed by atoms with Gasteiger partial charge in [0.05, 0.1) is 6.33 Å². The van der Waals surface area contributed by atoms with Crippen LogP contribution >= 0.6 is 22.6 Å². The van der Waals surface area contributed by atoms with Gasteiger partial charge in [-0.2, -0.15) is 0 Å². The van der Waals surface area contributed by atoms with Crippen molar-refractivity contribution in [3.05, 3.63) is 20.3 Å². The maximum absolute atomic E-state index is 11.6. The molecule has 2 rings (SSSR count). The number of amidine groups is 1. The summed E-state index contributed by atoms with van der Waals surface area (Å²) in [6, 6.07) is 0.402. The highest BCUT2D eigenvalue weighted by Crippen LogP contribution is 2.31. The number of nitrogens with zero attached hydrogens (tertiary/aromatic N) is 3. The quantitative estimate of drug-likeness (QED) is 0.232. The van der Waals surface area contributed by atoms with E-state index in [1.165, 1.54) is 6.33 Å². The van der Waals surface area contributed by atoms with Gasteiger partial charge in [0.15, 0.2) is 0 Å². The molecule has 98 valence electrons. The Morgan fingerprint density at radius 1 is 1.72 bits per heavy atom. The molecule has 0 amide bonds. The van der Waals surface area contributed by atoms with Crippen LogP contribution in [-0.4, -0.2) is 33.6 Å². The molecule has 7 nitrogen and oxygen atoms in total. The third-order valence-corrected chi connectivity index (χ3v) is 3.75. The van der Waals surface area contributed by atoms with Crippen molar-refractivity contribution in [1.82, 2.24) is 9.97 Å². The van der Waals surface area contributed by atoms with Crippen LogP contribution in [-0.2, 0) is 0 Å². The molecule has 1 aliphatic carbocycles. The second-order valence-corrected chi connectivity index (χ2v) is 5.21. The highest BCUT2D eigenvalue weighted by molar-refractivity contribution is 14.1. The zero-order chi connectivity index (χ0) is 13.1. The summed E-state index contributed by atoms with van der Waals surface area (Å²) in [4.78, 5) is 20.4. The van der Waals surface area contributed by atoms with Gasteiger partial charge in [-0.05, 0) is 35.4 Å². The summed E-state index contributed by atoms with van der Waals surface area (Å²) in [7, 11) is 0. The number of hydrogen-bond donors (Lipinski definition) is 3. The normalized spacial score (nSPS) is 15.7. The summed E-state index contributed by atoms with van der Waals surface area (Å²) in [6.45, 7) is 0.590. The zero-order valence-corrected chi connectivity index (χ0v) is 11.8. The number of aromatic nitrogens is 2. The van der Waals surface area contributed by atoms with Crippen molar-refractivity contribution in [3.63, 3.8) is 0 Å². The fourth-order valence-corrected chi connectivity index (χ4v) is 2.31. The lowest BCUT2D eigenvalue weighted by molar-refractivity contribution is 0.317. The second kappa shape index (κ2) is 5.55. The molecule has 0 aliphatic heterocycles. The van der Waals surface area contributed by atoms with Crippen LogP contribution in [0.25, 0.3) is 0 Å². The molecule has 18 heavy (non-hydrogen) atoms. The molecule has 0 atom stereocenters. The summed E-state index contributed by atoms with van der Waals surface area (Å²) < 4.78 is 0.571. The molecule has 1 saturated carbocycles. The fraction of sp³-hybridized carbons (Fsp3) is 0.500. The smallest absolute Gasteiger partial charge is 0.266 e. The van der Waals surface area contributed by atoms with Crippen LogP contribution in [0.4, 0.5) is 5.82 Å². The van der Waals surface area contributed by atoms with Crippen molar-refractivity contribution in [3.8, 4) is 0 Å². The van der Waals surface area contributed by atoms with Gasteiger partial charge < -0.3 is 20.8 Å². The van der Waals surface area contributed by atoms with Crippen molar-refractivity contribution in [2.24, 2.45) is 10.9 Å². The maximum atomic E-state index is 11.6. The number of H-pyrrole nitrogens is 1. The van der Waals surface area contributed by atoms with Crippen LogP contribution in [0.1, 0.15) is 19.3 Å². The Balaban J connectivity index is 2.19. The molecule has 8 heteroatoms. The molecule has 1 aromatic rings. The first-order valence-electron chi connectivity index (χ1n) is 5.59. The minimum Gasteiger partial charge on any atom is -0.409 e. The molecule has 0 aromatic carbocycles. The van der Waals surface area contributed by atoms with Gasteiger partial charge >= 0.3 is 0 Å². The lowest BCUT2D eigenvalue weighted by Gasteiger charge is -2.23. The van der Waals surface area contributed by atoms with Crippen LogP contribution in [0.3, 0.4) is 0 Å². The fourth-order valence-electron chi connectivity index (χ4n) is 1.71. The first-order valence-corrected chi connectivity index (χ1v) is 6.67. The minimum atomic E-state index is -0.143. The molecule has 0 radical (unpaired) electrons. The van der Waals surface area contributed by atoms with Crippen molar-refractivity contribution in [1.29, 1.82) is 0 Å². The molecule has 0 saturated heterocycles. The van der Waals surface area contributed by atoms with E-state index >= 15 is 0 Å². The van der Waals surface area contributed by atoms with Gasteiger partial charge in [-0.3, -0.25) is 4.79 Å². The molecule has 1 fully saturated rings. The number of halogens is 1. The van der Waals surface area contributed by atoms with Crippen LogP contribution in [0, 0.1) is 3.57 Å². The summed E-state index contributed by atoms with van der Waals surface area (Å²) >= 11 is 1.99. The van der Waals surface area contributed by atoms with Gasteiger partial charge in [-0.15, -0.1) is 0 Å². The first-order chi connectivity index (χ1) is 8.63. The molecular weight excluding hydrogens is 349 g/mol. The van der Waals surface area contributed by atoms with E-state index in [-0.39, 0.29) is 11.4 Å². The van der Waals surface area contributed by atoms with Gasteiger partial charge in [0, 0.05) is 19.0 Å². The van der Waals surface area contributed by atoms with E-state index in [4.69, 9.17) is 10.9 Å². The zero-order valence-electron chi connectivity index (χ0n) is 9.64. The van der Waals surface area contributed by atoms with Gasteiger partial charge in [0.1, 0.15) is 15.2 Å². The molecule has 0 bridgehead atoms. The summed E-state index contributed by atoms with van der Waals surface area (Å²) in [6.07, 6.45) is 4.01. The van der Waals surface area contributed by atoms with E-state index in [0.717, 1.165) is 12.8 Å². The van der Waals surface area contributed by atoms with E-state index in [2.05, 4.69) is 20.0 Å². The van der Waals surface area contributed by atoms with Gasteiger partial charge in [-0.25, -0.2) is 4.98 Å². The van der Waals surface area contributed by atoms with Gasteiger partial charge in [0.2, 0.25) is 0 Å². The third-order valence-electron chi connectivity index (χ3n) is 2.78. The number of oxime groups is 1. The predicted octanol–water partition coefficient (Wildman–Crippen LogP) is 0.480. The molecular formula is C10H14IN5O2. The topological polar surface area (TPSA) is 108 Å².